The van der Waals surface area contributed by atoms with Crippen molar-refractivity contribution >= 4 is 6.09 Å². The largest absolute Gasteiger partial charge is 0.444 e. The molecule has 0 aromatic carbocycles. The van der Waals surface area contributed by atoms with Crippen LogP contribution in [0.5, 0.6) is 0 Å². The number of unbranched alkanes of at least 4 members (excludes halogenated alkanes) is 1. The van der Waals surface area contributed by atoms with Crippen LogP contribution >= 0.6 is 0 Å². The maximum atomic E-state index is 12.3. The van der Waals surface area contributed by atoms with E-state index in [0.717, 1.165) is 12.8 Å². The summed E-state index contributed by atoms with van der Waals surface area (Å²) >= 11 is 0. The van der Waals surface area contributed by atoms with Crippen LogP contribution < -0.4 is 5.32 Å². The summed E-state index contributed by atoms with van der Waals surface area (Å²) in [5.74, 6) is 0. The lowest BCUT2D eigenvalue weighted by molar-refractivity contribution is -0.0249. The SMILES string of the molecule is CCCCN(C(=O)OC(C)(C)C)[C@@H]1CNC[C@@]1(C)O. The smallest absolute Gasteiger partial charge is 0.410 e. The van der Waals surface area contributed by atoms with Crippen molar-refractivity contribution < 1.29 is 14.6 Å². The summed E-state index contributed by atoms with van der Waals surface area (Å²) in [5, 5.41) is 13.5. The van der Waals surface area contributed by atoms with E-state index in [4.69, 9.17) is 4.74 Å². The second kappa shape index (κ2) is 6.09. The second-order valence-corrected chi connectivity index (χ2v) is 6.53. The Hall–Kier alpha value is -0.810. The first-order valence-corrected chi connectivity index (χ1v) is 7.10. The third-order valence-corrected chi connectivity index (χ3v) is 3.30. The summed E-state index contributed by atoms with van der Waals surface area (Å²) in [6.45, 7) is 11.1. The normalized spacial score (nSPS) is 27.4. The molecule has 112 valence electrons. The first-order chi connectivity index (χ1) is 8.67. The van der Waals surface area contributed by atoms with Gasteiger partial charge in [-0.25, -0.2) is 4.79 Å². The van der Waals surface area contributed by atoms with Crippen LogP contribution in [0.15, 0.2) is 0 Å². The predicted molar refractivity (Wildman–Crippen MR) is 75.1 cm³/mol. The highest BCUT2D eigenvalue weighted by Gasteiger charge is 2.43. The fraction of sp³-hybridized carbons (Fsp3) is 0.929. The number of carbonyl (C=O) groups is 1. The Morgan fingerprint density at radius 1 is 1.53 bits per heavy atom. The molecule has 5 nitrogen and oxygen atoms in total. The quantitative estimate of drug-likeness (QED) is 0.818. The van der Waals surface area contributed by atoms with Gasteiger partial charge in [0, 0.05) is 19.6 Å². The van der Waals surface area contributed by atoms with Crippen LogP contribution in [0.4, 0.5) is 4.79 Å². The van der Waals surface area contributed by atoms with Crippen molar-refractivity contribution in [2.45, 2.75) is 64.7 Å². The molecule has 1 fully saturated rings. The minimum absolute atomic E-state index is 0.228. The topological polar surface area (TPSA) is 61.8 Å². The van der Waals surface area contributed by atoms with Crippen molar-refractivity contribution in [1.82, 2.24) is 10.2 Å². The molecule has 5 heteroatoms. The molecule has 1 aliphatic rings. The molecular weight excluding hydrogens is 244 g/mol. The third-order valence-electron chi connectivity index (χ3n) is 3.30. The lowest BCUT2D eigenvalue weighted by Crippen LogP contribution is -2.54. The molecule has 1 saturated heterocycles. The van der Waals surface area contributed by atoms with E-state index in [2.05, 4.69) is 12.2 Å². The zero-order chi connectivity index (χ0) is 14.7. The monoisotopic (exact) mass is 272 g/mol. The number of aliphatic hydroxyl groups is 1. The third kappa shape index (κ3) is 4.66. The highest BCUT2D eigenvalue weighted by Crippen LogP contribution is 2.23. The van der Waals surface area contributed by atoms with Gasteiger partial charge in [0.2, 0.25) is 0 Å². The highest BCUT2D eigenvalue weighted by molar-refractivity contribution is 5.69. The average molecular weight is 272 g/mol. The molecular formula is C14H28N2O3. The minimum Gasteiger partial charge on any atom is -0.444 e. The highest BCUT2D eigenvalue weighted by atomic mass is 16.6. The molecule has 0 spiro atoms. The van der Waals surface area contributed by atoms with Gasteiger partial charge in [0.15, 0.2) is 0 Å². The Morgan fingerprint density at radius 2 is 2.16 bits per heavy atom. The first kappa shape index (κ1) is 16.2. The number of ether oxygens (including phenoxy) is 1. The molecule has 0 bridgehead atoms. The van der Waals surface area contributed by atoms with Crippen molar-refractivity contribution in [3.8, 4) is 0 Å². The van der Waals surface area contributed by atoms with Crippen LogP contribution in [0, 0.1) is 0 Å². The number of hydrogen-bond acceptors (Lipinski definition) is 4. The van der Waals surface area contributed by atoms with Crippen LogP contribution in [0.25, 0.3) is 0 Å². The summed E-state index contributed by atoms with van der Waals surface area (Å²) in [6.07, 6.45) is 1.57. The van der Waals surface area contributed by atoms with E-state index in [1.807, 2.05) is 20.8 Å². The Bertz CT molecular complexity index is 310. The van der Waals surface area contributed by atoms with E-state index in [1.54, 1.807) is 11.8 Å². The van der Waals surface area contributed by atoms with E-state index in [1.165, 1.54) is 0 Å². The van der Waals surface area contributed by atoms with Crippen molar-refractivity contribution in [3.05, 3.63) is 0 Å². The second-order valence-electron chi connectivity index (χ2n) is 6.53. The molecule has 1 rings (SSSR count). The lowest BCUT2D eigenvalue weighted by atomic mass is 9.99. The van der Waals surface area contributed by atoms with Gasteiger partial charge in [-0.05, 0) is 34.1 Å². The molecule has 1 amide bonds. The number of hydrogen-bond donors (Lipinski definition) is 2. The molecule has 1 heterocycles. The lowest BCUT2D eigenvalue weighted by Gasteiger charge is -2.36. The Morgan fingerprint density at radius 3 is 2.58 bits per heavy atom. The number of amides is 1. The molecule has 0 saturated carbocycles. The van der Waals surface area contributed by atoms with Crippen LogP contribution in [-0.4, -0.2) is 53.0 Å². The Labute approximate surface area is 116 Å². The van der Waals surface area contributed by atoms with E-state index in [0.29, 0.717) is 19.6 Å². The summed E-state index contributed by atoms with van der Waals surface area (Å²) in [6, 6.07) is -0.228. The van der Waals surface area contributed by atoms with E-state index < -0.39 is 11.2 Å². The van der Waals surface area contributed by atoms with Crippen molar-refractivity contribution in [3.63, 3.8) is 0 Å². The van der Waals surface area contributed by atoms with Crippen molar-refractivity contribution in [2.24, 2.45) is 0 Å². The van der Waals surface area contributed by atoms with Crippen LogP contribution in [0.1, 0.15) is 47.5 Å². The van der Waals surface area contributed by atoms with E-state index in [-0.39, 0.29) is 12.1 Å². The average Bonchev–Trinajstić information content (AvgIpc) is 2.57. The summed E-state index contributed by atoms with van der Waals surface area (Å²) < 4.78 is 5.45. The van der Waals surface area contributed by atoms with Gasteiger partial charge < -0.3 is 20.1 Å². The fourth-order valence-corrected chi connectivity index (χ4v) is 2.27. The summed E-state index contributed by atoms with van der Waals surface area (Å²) in [4.78, 5) is 14.0. The van der Waals surface area contributed by atoms with Crippen molar-refractivity contribution in [2.75, 3.05) is 19.6 Å². The maximum absolute atomic E-state index is 12.3. The Balaban J connectivity index is 2.79. The number of β-amino-alcohol motifs (C(OH)–C–C–N with tert-alkyl or cyclic N) is 1. The number of nitrogens with one attached hydrogen (secondary N) is 1. The van der Waals surface area contributed by atoms with Gasteiger partial charge in [-0.3, -0.25) is 0 Å². The van der Waals surface area contributed by atoms with Crippen LogP contribution in [-0.2, 0) is 4.74 Å². The Kier molecular flexibility index (Phi) is 5.21. The van der Waals surface area contributed by atoms with Gasteiger partial charge in [0.25, 0.3) is 0 Å². The van der Waals surface area contributed by atoms with Gasteiger partial charge >= 0.3 is 6.09 Å². The maximum Gasteiger partial charge on any atom is 0.410 e. The molecule has 0 aliphatic carbocycles. The molecule has 0 radical (unpaired) electrons. The first-order valence-electron chi connectivity index (χ1n) is 7.10. The zero-order valence-electron chi connectivity index (χ0n) is 12.8. The molecule has 2 atom stereocenters. The molecule has 0 unspecified atom stereocenters. The fourth-order valence-electron chi connectivity index (χ4n) is 2.27. The number of rotatable bonds is 4. The van der Waals surface area contributed by atoms with Gasteiger partial charge in [0.1, 0.15) is 5.60 Å². The molecule has 1 aliphatic heterocycles. The van der Waals surface area contributed by atoms with Crippen molar-refractivity contribution in [1.29, 1.82) is 0 Å². The summed E-state index contributed by atoms with van der Waals surface area (Å²) in [7, 11) is 0. The van der Waals surface area contributed by atoms with E-state index in [9.17, 15) is 9.90 Å². The van der Waals surface area contributed by atoms with Crippen LogP contribution in [0.2, 0.25) is 0 Å². The standard InChI is InChI=1S/C14H28N2O3/c1-6-7-8-16(12(17)19-13(2,3)4)11-9-15-10-14(11,5)18/h11,15,18H,6-10H2,1-5H3/t11-,14-/m1/s1. The predicted octanol–water partition coefficient (Wildman–Crippen LogP) is 1.75. The van der Waals surface area contributed by atoms with Gasteiger partial charge in [0.05, 0.1) is 11.6 Å². The summed E-state index contributed by atoms with van der Waals surface area (Å²) in [5.41, 5.74) is -1.41. The molecule has 0 aromatic rings. The van der Waals surface area contributed by atoms with Gasteiger partial charge in [-0.15, -0.1) is 0 Å². The number of carbonyl (C=O) groups excluding carboxylic acids is 1. The van der Waals surface area contributed by atoms with Gasteiger partial charge in [-0.1, -0.05) is 13.3 Å². The zero-order valence-corrected chi connectivity index (χ0v) is 12.8. The minimum atomic E-state index is -0.898. The van der Waals surface area contributed by atoms with E-state index >= 15 is 0 Å². The molecule has 2 N–H and O–H groups in total. The molecule has 19 heavy (non-hydrogen) atoms. The van der Waals surface area contributed by atoms with Crippen LogP contribution in [0.3, 0.4) is 0 Å². The van der Waals surface area contributed by atoms with Gasteiger partial charge in [-0.2, -0.15) is 0 Å². The number of nitrogens with zero attached hydrogens (tertiary/aromatic N) is 1. The molecule has 0 aromatic heterocycles.